The largest absolute Gasteiger partial charge is 0.480 e. The van der Waals surface area contributed by atoms with Gasteiger partial charge in [0, 0.05) is 5.33 Å². The minimum atomic E-state index is -0.728. The van der Waals surface area contributed by atoms with Gasteiger partial charge in [-0.15, -0.1) is 0 Å². The van der Waals surface area contributed by atoms with Crippen LogP contribution in [0, 0.1) is 0 Å². The van der Waals surface area contributed by atoms with E-state index in [1.807, 2.05) is 0 Å². The van der Waals surface area contributed by atoms with Gasteiger partial charge in [0.15, 0.2) is 0 Å². The molecule has 0 bridgehead atoms. The van der Waals surface area contributed by atoms with Gasteiger partial charge in [-0.05, 0) is 12.8 Å². The predicted molar refractivity (Wildman–Crippen MR) is 159 cm³/mol. The van der Waals surface area contributed by atoms with Gasteiger partial charge in [0.2, 0.25) is 0 Å². The maximum atomic E-state index is 10.7. The first kappa shape index (κ1) is 34.4. The summed E-state index contributed by atoms with van der Waals surface area (Å²) in [4.78, 5) is 10.4. The summed E-state index contributed by atoms with van der Waals surface area (Å²) in [6.07, 6.45) is 37.1. The van der Waals surface area contributed by atoms with E-state index < -0.39 is 5.97 Å². The standard InChI is InChI=1S/C30H58Br2O2/c31-28-26-24-22-20-18-16-14-12-10-8-6-4-2-1-3-5-7-9-11-13-15-17-19-21-23-25-27-29(32)30(33)34/h29H,1-28H2,(H,33,34). The van der Waals surface area contributed by atoms with Crippen LogP contribution < -0.4 is 0 Å². The molecule has 0 rings (SSSR count). The summed E-state index contributed by atoms with van der Waals surface area (Å²) in [5.41, 5.74) is 0. The Morgan fingerprint density at radius 1 is 0.441 bits per heavy atom. The van der Waals surface area contributed by atoms with Crippen LogP contribution in [-0.2, 0) is 4.79 Å². The van der Waals surface area contributed by atoms with Crippen molar-refractivity contribution in [1.82, 2.24) is 0 Å². The van der Waals surface area contributed by atoms with Crippen LogP contribution in [0.3, 0.4) is 0 Å². The average molecular weight is 611 g/mol. The summed E-state index contributed by atoms with van der Waals surface area (Å²) >= 11 is 6.72. The van der Waals surface area contributed by atoms with Crippen molar-refractivity contribution in [2.24, 2.45) is 0 Å². The van der Waals surface area contributed by atoms with Gasteiger partial charge in [0.1, 0.15) is 4.83 Å². The molecular formula is C30H58Br2O2. The van der Waals surface area contributed by atoms with Crippen molar-refractivity contribution in [3.63, 3.8) is 0 Å². The van der Waals surface area contributed by atoms with E-state index in [0.717, 1.165) is 12.8 Å². The lowest BCUT2D eigenvalue weighted by Gasteiger charge is -2.05. The highest BCUT2D eigenvalue weighted by Gasteiger charge is 2.11. The lowest BCUT2D eigenvalue weighted by atomic mass is 10.0. The number of halogens is 2. The van der Waals surface area contributed by atoms with Crippen molar-refractivity contribution >= 4 is 37.8 Å². The van der Waals surface area contributed by atoms with Crippen LogP contribution in [0.2, 0.25) is 0 Å². The first-order chi connectivity index (χ1) is 16.7. The summed E-state index contributed by atoms with van der Waals surface area (Å²) < 4.78 is 0. The van der Waals surface area contributed by atoms with Crippen LogP contribution >= 0.6 is 31.9 Å². The number of hydrogen-bond acceptors (Lipinski definition) is 1. The molecule has 0 aliphatic carbocycles. The Morgan fingerprint density at radius 2 is 0.647 bits per heavy atom. The molecule has 1 unspecified atom stereocenters. The van der Waals surface area contributed by atoms with Crippen LogP contribution in [0.15, 0.2) is 0 Å². The van der Waals surface area contributed by atoms with Crippen molar-refractivity contribution in [3.8, 4) is 0 Å². The Hall–Kier alpha value is 0.430. The fraction of sp³-hybridized carbons (Fsp3) is 0.967. The molecule has 0 aromatic carbocycles. The molecule has 0 heterocycles. The second-order valence-corrected chi connectivity index (χ2v) is 12.4. The molecule has 0 fully saturated rings. The van der Waals surface area contributed by atoms with Crippen LogP contribution in [0.5, 0.6) is 0 Å². The van der Waals surface area contributed by atoms with Crippen LogP contribution in [0.25, 0.3) is 0 Å². The van der Waals surface area contributed by atoms with Crippen LogP contribution in [0.4, 0.5) is 0 Å². The summed E-state index contributed by atoms with van der Waals surface area (Å²) in [6.45, 7) is 0. The molecule has 0 aliphatic rings. The van der Waals surface area contributed by atoms with E-state index >= 15 is 0 Å². The maximum Gasteiger partial charge on any atom is 0.317 e. The molecule has 1 N–H and O–H groups in total. The quantitative estimate of drug-likeness (QED) is 0.0676. The first-order valence-electron chi connectivity index (χ1n) is 15.1. The molecule has 1 atom stereocenters. The van der Waals surface area contributed by atoms with Crippen molar-refractivity contribution in [3.05, 3.63) is 0 Å². The fourth-order valence-electron chi connectivity index (χ4n) is 4.78. The molecular weight excluding hydrogens is 552 g/mol. The molecule has 204 valence electrons. The number of hydrogen-bond donors (Lipinski definition) is 1. The highest BCUT2D eigenvalue weighted by atomic mass is 79.9. The molecule has 4 heteroatoms. The van der Waals surface area contributed by atoms with E-state index in [1.54, 1.807) is 0 Å². The van der Waals surface area contributed by atoms with E-state index in [0.29, 0.717) is 0 Å². The Labute approximate surface area is 230 Å². The number of aliphatic carboxylic acids is 1. The lowest BCUT2D eigenvalue weighted by molar-refractivity contribution is -0.136. The minimum Gasteiger partial charge on any atom is -0.480 e. The lowest BCUT2D eigenvalue weighted by Crippen LogP contribution is -2.11. The van der Waals surface area contributed by atoms with E-state index in [1.165, 1.54) is 166 Å². The smallest absolute Gasteiger partial charge is 0.317 e. The zero-order valence-electron chi connectivity index (χ0n) is 22.5. The van der Waals surface area contributed by atoms with Gasteiger partial charge in [0.25, 0.3) is 0 Å². The number of carboxylic acids is 1. The molecule has 0 spiro atoms. The van der Waals surface area contributed by atoms with Gasteiger partial charge >= 0.3 is 5.97 Å². The number of unbranched alkanes of at least 4 members (excludes halogenated alkanes) is 25. The normalized spacial score (nSPS) is 12.3. The number of alkyl halides is 2. The highest BCUT2D eigenvalue weighted by molar-refractivity contribution is 9.10. The third-order valence-electron chi connectivity index (χ3n) is 7.11. The first-order valence-corrected chi connectivity index (χ1v) is 17.1. The average Bonchev–Trinajstić information content (AvgIpc) is 2.83. The van der Waals surface area contributed by atoms with Gasteiger partial charge in [0.05, 0.1) is 0 Å². The predicted octanol–water partition coefficient (Wildman–Crippen LogP) is 11.8. The Morgan fingerprint density at radius 3 is 0.853 bits per heavy atom. The summed E-state index contributed by atoms with van der Waals surface area (Å²) in [7, 11) is 0. The van der Waals surface area contributed by atoms with E-state index in [4.69, 9.17) is 5.11 Å². The molecule has 0 saturated heterocycles. The zero-order valence-corrected chi connectivity index (χ0v) is 25.7. The number of carboxylic acid groups (broad SMARTS) is 1. The number of rotatable bonds is 29. The third kappa shape index (κ3) is 28.7. The maximum absolute atomic E-state index is 10.7. The van der Waals surface area contributed by atoms with Gasteiger partial charge in [-0.1, -0.05) is 192 Å². The Bertz CT molecular complexity index is 403. The van der Waals surface area contributed by atoms with Gasteiger partial charge in [-0.25, -0.2) is 0 Å². The topological polar surface area (TPSA) is 37.3 Å². The van der Waals surface area contributed by atoms with E-state index in [2.05, 4.69) is 31.9 Å². The Balaban J connectivity index is 3.05. The molecule has 34 heavy (non-hydrogen) atoms. The van der Waals surface area contributed by atoms with Gasteiger partial charge in [-0.3, -0.25) is 4.79 Å². The molecule has 0 aliphatic heterocycles. The second kappa shape index (κ2) is 29.7. The summed E-state index contributed by atoms with van der Waals surface area (Å²) in [5.74, 6) is -0.728. The molecule has 0 aromatic rings. The van der Waals surface area contributed by atoms with E-state index in [-0.39, 0.29) is 4.83 Å². The highest BCUT2D eigenvalue weighted by Crippen LogP contribution is 2.17. The molecule has 0 radical (unpaired) electrons. The third-order valence-corrected chi connectivity index (χ3v) is 8.52. The molecule has 2 nitrogen and oxygen atoms in total. The fourth-order valence-corrected chi connectivity index (χ4v) is 5.50. The van der Waals surface area contributed by atoms with Gasteiger partial charge < -0.3 is 5.11 Å². The SMILES string of the molecule is O=C(O)C(Br)CCCCCCCCCCCCCCCCCCCCCCCCCCCCBr. The summed E-state index contributed by atoms with van der Waals surface area (Å²) in [6, 6.07) is 0. The molecule has 0 saturated carbocycles. The van der Waals surface area contributed by atoms with Gasteiger partial charge in [-0.2, -0.15) is 0 Å². The van der Waals surface area contributed by atoms with Crippen LogP contribution in [0.1, 0.15) is 173 Å². The van der Waals surface area contributed by atoms with Crippen molar-refractivity contribution in [2.75, 3.05) is 5.33 Å². The van der Waals surface area contributed by atoms with E-state index in [9.17, 15) is 4.79 Å². The zero-order chi connectivity index (χ0) is 25.0. The van der Waals surface area contributed by atoms with Crippen LogP contribution in [-0.4, -0.2) is 21.2 Å². The summed E-state index contributed by atoms with van der Waals surface area (Å²) in [5, 5.41) is 10.0. The molecule has 0 aromatic heterocycles. The van der Waals surface area contributed by atoms with Crippen molar-refractivity contribution in [2.45, 2.75) is 178 Å². The van der Waals surface area contributed by atoms with Crippen molar-refractivity contribution < 1.29 is 9.90 Å². The van der Waals surface area contributed by atoms with Crippen molar-refractivity contribution in [1.29, 1.82) is 0 Å². The second-order valence-electron chi connectivity index (χ2n) is 10.5. The Kier molecular flexibility index (Phi) is 30.0. The monoisotopic (exact) mass is 608 g/mol. The molecule has 0 amide bonds. The number of carbonyl (C=O) groups is 1. The minimum absolute atomic E-state index is 0.356.